The first kappa shape index (κ1) is 13.2. The van der Waals surface area contributed by atoms with Gasteiger partial charge in [0.1, 0.15) is 6.33 Å². The second-order valence-corrected chi connectivity index (χ2v) is 5.77. The van der Waals surface area contributed by atoms with Crippen LogP contribution in [-0.2, 0) is 13.1 Å². The molecule has 0 bridgehead atoms. The molecule has 1 aromatic heterocycles. The molecule has 0 fully saturated rings. The number of hydrogen-bond donors (Lipinski definition) is 1. The molecule has 0 radical (unpaired) electrons. The fourth-order valence-electron chi connectivity index (χ4n) is 1.27. The van der Waals surface area contributed by atoms with Gasteiger partial charge in [-0.25, -0.2) is 4.98 Å². The Morgan fingerprint density at radius 1 is 1.38 bits per heavy atom. The van der Waals surface area contributed by atoms with E-state index in [0.29, 0.717) is 11.5 Å². The van der Waals surface area contributed by atoms with E-state index in [1.54, 1.807) is 0 Å². The van der Waals surface area contributed by atoms with Crippen LogP contribution in [0.15, 0.2) is 6.33 Å². The fraction of sp³-hybridized carbons (Fsp3) is 0.833. The Morgan fingerprint density at radius 2 is 2.06 bits per heavy atom. The Hall–Kier alpha value is -0.900. The zero-order valence-corrected chi connectivity index (χ0v) is 11.1. The summed E-state index contributed by atoms with van der Waals surface area (Å²) in [5, 5.41) is 7.74. The quantitative estimate of drug-likeness (QED) is 0.834. The maximum absolute atomic E-state index is 4.43. The monoisotopic (exact) mass is 224 g/mol. The number of aromatic nitrogens is 3. The lowest BCUT2D eigenvalue weighted by Gasteiger charge is -2.17. The van der Waals surface area contributed by atoms with Crippen LogP contribution in [0.4, 0.5) is 0 Å². The number of nitrogens with one attached hydrogen (secondary N) is 1. The van der Waals surface area contributed by atoms with E-state index in [-0.39, 0.29) is 0 Å². The van der Waals surface area contributed by atoms with Gasteiger partial charge in [0.05, 0.1) is 6.54 Å². The molecule has 0 aliphatic rings. The van der Waals surface area contributed by atoms with Gasteiger partial charge >= 0.3 is 0 Å². The number of hydrogen-bond acceptors (Lipinski definition) is 3. The standard InChI is InChI=1S/C12H24N4/c1-10(2)13-8-11-14-9-16(15-11)7-6-12(3,4)5/h9-10,13H,6-8H2,1-5H3. The van der Waals surface area contributed by atoms with Crippen LogP contribution in [0.2, 0.25) is 0 Å². The van der Waals surface area contributed by atoms with Crippen molar-refractivity contribution in [2.24, 2.45) is 5.41 Å². The zero-order chi connectivity index (χ0) is 12.2. The van der Waals surface area contributed by atoms with Crippen molar-refractivity contribution in [1.82, 2.24) is 20.1 Å². The van der Waals surface area contributed by atoms with Crippen LogP contribution in [0.25, 0.3) is 0 Å². The van der Waals surface area contributed by atoms with Gasteiger partial charge in [-0.3, -0.25) is 4.68 Å². The van der Waals surface area contributed by atoms with Crippen LogP contribution >= 0.6 is 0 Å². The minimum atomic E-state index is 0.349. The van der Waals surface area contributed by atoms with Crippen molar-refractivity contribution in [2.75, 3.05) is 0 Å². The van der Waals surface area contributed by atoms with Gasteiger partial charge < -0.3 is 5.32 Å². The number of nitrogens with zero attached hydrogens (tertiary/aromatic N) is 3. The van der Waals surface area contributed by atoms with Crippen molar-refractivity contribution < 1.29 is 0 Å². The molecule has 4 heteroatoms. The third kappa shape index (κ3) is 5.26. The summed E-state index contributed by atoms with van der Waals surface area (Å²) in [4.78, 5) is 4.28. The van der Waals surface area contributed by atoms with E-state index in [1.165, 1.54) is 0 Å². The van der Waals surface area contributed by atoms with E-state index in [2.05, 4.69) is 50.0 Å². The normalized spacial score (nSPS) is 12.4. The lowest BCUT2D eigenvalue weighted by Crippen LogP contribution is -2.22. The molecular weight excluding hydrogens is 200 g/mol. The molecule has 1 N–H and O–H groups in total. The molecule has 1 heterocycles. The molecule has 0 saturated heterocycles. The van der Waals surface area contributed by atoms with Crippen LogP contribution < -0.4 is 5.32 Å². The van der Waals surface area contributed by atoms with Crippen LogP contribution in [0.3, 0.4) is 0 Å². The third-order valence-electron chi connectivity index (χ3n) is 2.34. The topological polar surface area (TPSA) is 42.7 Å². The van der Waals surface area contributed by atoms with Crippen LogP contribution in [-0.4, -0.2) is 20.8 Å². The summed E-state index contributed by atoms with van der Waals surface area (Å²) in [7, 11) is 0. The Kier molecular flexibility index (Phi) is 4.47. The molecule has 1 rings (SSSR count). The molecule has 4 nitrogen and oxygen atoms in total. The third-order valence-corrected chi connectivity index (χ3v) is 2.34. The van der Waals surface area contributed by atoms with Crippen molar-refractivity contribution >= 4 is 0 Å². The molecular formula is C12H24N4. The number of aryl methyl sites for hydroxylation is 1. The highest BCUT2D eigenvalue weighted by Crippen LogP contribution is 2.18. The summed E-state index contributed by atoms with van der Waals surface area (Å²) < 4.78 is 1.93. The summed E-state index contributed by atoms with van der Waals surface area (Å²) >= 11 is 0. The maximum atomic E-state index is 4.43. The zero-order valence-electron chi connectivity index (χ0n) is 11.1. The Labute approximate surface area is 98.5 Å². The first-order valence-electron chi connectivity index (χ1n) is 5.98. The van der Waals surface area contributed by atoms with E-state index >= 15 is 0 Å². The van der Waals surface area contributed by atoms with E-state index < -0.39 is 0 Å². The summed E-state index contributed by atoms with van der Waals surface area (Å²) in [6.45, 7) is 12.7. The maximum Gasteiger partial charge on any atom is 0.164 e. The van der Waals surface area contributed by atoms with Crippen molar-refractivity contribution in [1.29, 1.82) is 0 Å². The molecule has 0 aliphatic carbocycles. The highest BCUT2D eigenvalue weighted by molar-refractivity contribution is 4.81. The van der Waals surface area contributed by atoms with E-state index in [9.17, 15) is 0 Å². The van der Waals surface area contributed by atoms with Crippen LogP contribution in [0.5, 0.6) is 0 Å². The van der Waals surface area contributed by atoms with Crippen molar-refractivity contribution in [3.05, 3.63) is 12.2 Å². The van der Waals surface area contributed by atoms with Gasteiger partial charge in [-0.15, -0.1) is 0 Å². The second-order valence-electron chi connectivity index (χ2n) is 5.77. The molecule has 0 aromatic carbocycles. The van der Waals surface area contributed by atoms with Gasteiger partial charge in [-0.05, 0) is 11.8 Å². The predicted molar refractivity (Wildman–Crippen MR) is 66.1 cm³/mol. The Bertz CT molecular complexity index is 309. The second kappa shape index (κ2) is 5.43. The smallest absolute Gasteiger partial charge is 0.164 e. The summed E-state index contributed by atoms with van der Waals surface area (Å²) in [6.07, 6.45) is 2.94. The first-order valence-corrected chi connectivity index (χ1v) is 5.98. The Balaban J connectivity index is 2.39. The van der Waals surface area contributed by atoms with Crippen LogP contribution in [0.1, 0.15) is 46.9 Å². The largest absolute Gasteiger partial charge is 0.308 e. The van der Waals surface area contributed by atoms with E-state index in [0.717, 1.165) is 25.3 Å². The Morgan fingerprint density at radius 3 is 2.62 bits per heavy atom. The predicted octanol–water partition coefficient (Wildman–Crippen LogP) is 2.21. The van der Waals surface area contributed by atoms with Gasteiger partial charge in [0, 0.05) is 12.6 Å². The van der Waals surface area contributed by atoms with Crippen LogP contribution in [0, 0.1) is 5.41 Å². The molecule has 0 spiro atoms. The van der Waals surface area contributed by atoms with E-state index in [1.807, 2.05) is 11.0 Å². The van der Waals surface area contributed by atoms with Gasteiger partial charge in [-0.1, -0.05) is 34.6 Å². The molecule has 0 saturated carbocycles. The molecule has 0 unspecified atom stereocenters. The highest BCUT2D eigenvalue weighted by Gasteiger charge is 2.10. The average Bonchev–Trinajstić information content (AvgIpc) is 2.58. The minimum Gasteiger partial charge on any atom is -0.308 e. The SMILES string of the molecule is CC(C)NCc1ncn(CCC(C)(C)C)n1. The molecule has 0 amide bonds. The van der Waals surface area contributed by atoms with Gasteiger partial charge in [0.25, 0.3) is 0 Å². The molecule has 0 atom stereocenters. The number of rotatable bonds is 5. The molecule has 1 aromatic rings. The van der Waals surface area contributed by atoms with Crippen molar-refractivity contribution in [2.45, 2.75) is 60.2 Å². The molecule has 16 heavy (non-hydrogen) atoms. The van der Waals surface area contributed by atoms with Crippen molar-refractivity contribution in [3.8, 4) is 0 Å². The minimum absolute atomic E-state index is 0.349. The van der Waals surface area contributed by atoms with Gasteiger partial charge in [0.15, 0.2) is 5.82 Å². The summed E-state index contributed by atoms with van der Waals surface area (Å²) in [5.41, 5.74) is 0.349. The lowest BCUT2D eigenvalue weighted by atomic mass is 9.92. The average molecular weight is 224 g/mol. The summed E-state index contributed by atoms with van der Waals surface area (Å²) in [5.74, 6) is 0.877. The first-order chi connectivity index (χ1) is 7.37. The molecule has 92 valence electrons. The van der Waals surface area contributed by atoms with Gasteiger partial charge in [-0.2, -0.15) is 5.10 Å². The van der Waals surface area contributed by atoms with E-state index in [4.69, 9.17) is 0 Å². The fourth-order valence-corrected chi connectivity index (χ4v) is 1.27. The lowest BCUT2D eigenvalue weighted by molar-refractivity contribution is 0.340. The van der Waals surface area contributed by atoms with Gasteiger partial charge in [0.2, 0.25) is 0 Å². The highest BCUT2D eigenvalue weighted by atomic mass is 15.3. The van der Waals surface area contributed by atoms with Crippen molar-refractivity contribution in [3.63, 3.8) is 0 Å². The molecule has 0 aliphatic heterocycles. The summed E-state index contributed by atoms with van der Waals surface area (Å²) in [6, 6.07) is 0.474.